The summed E-state index contributed by atoms with van der Waals surface area (Å²) in [5.74, 6) is 1.61. The maximum Gasteiger partial charge on any atom is 0.319 e. The minimum Gasteiger partial charge on any atom is -0.457 e. The van der Waals surface area contributed by atoms with E-state index in [1.165, 1.54) is 32.1 Å². The standard InChI is InChI=1S/C46H51N3O5/c1-33-43(31-49-27-8-3-2-4-9-28-49)53-45(54-44(33)37-17-15-34(32-50)16-18-37)38-21-19-36(20-22-38)39-12-10-11-35(29-39)30-47-46(51)48-40-23-25-42(26-24-40)52-41-13-6-5-7-14-41/h5-7,10-26,29,33,43-45,50H,2-4,8-9,27-28,30-32H2,1H3,(H2,47,48,51). The van der Waals surface area contributed by atoms with Gasteiger partial charge in [-0.2, -0.15) is 0 Å². The fraction of sp³-hybridized carbons (Fsp3) is 0.326. The number of nitrogens with one attached hydrogen (secondary N) is 2. The van der Waals surface area contributed by atoms with Crippen LogP contribution in [0.4, 0.5) is 10.5 Å². The van der Waals surface area contributed by atoms with Crippen molar-refractivity contribution in [2.45, 2.75) is 70.7 Å². The van der Waals surface area contributed by atoms with E-state index in [-0.39, 0.29) is 30.8 Å². The van der Waals surface area contributed by atoms with Crippen LogP contribution in [0.1, 0.15) is 73.7 Å². The minimum atomic E-state index is -0.501. The number of likely N-dealkylation sites (tertiary alicyclic amines) is 1. The third-order valence-corrected chi connectivity index (χ3v) is 10.5. The van der Waals surface area contributed by atoms with E-state index in [0.717, 1.165) is 58.8 Å². The molecule has 0 aliphatic carbocycles. The zero-order chi connectivity index (χ0) is 37.1. The molecule has 2 saturated heterocycles. The van der Waals surface area contributed by atoms with E-state index in [9.17, 15) is 9.90 Å². The van der Waals surface area contributed by atoms with Gasteiger partial charge in [-0.25, -0.2) is 4.79 Å². The number of anilines is 1. The van der Waals surface area contributed by atoms with Gasteiger partial charge in [0, 0.05) is 30.3 Å². The van der Waals surface area contributed by atoms with Gasteiger partial charge in [-0.15, -0.1) is 0 Å². The second-order valence-corrected chi connectivity index (χ2v) is 14.5. The molecule has 280 valence electrons. The molecule has 0 saturated carbocycles. The van der Waals surface area contributed by atoms with Crippen molar-refractivity contribution in [2.24, 2.45) is 5.92 Å². The van der Waals surface area contributed by atoms with Crippen LogP contribution in [0.5, 0.6) is 11.5 Å². The zero-order valence-corrected chi connectivity index (χ0v) is 31.0. The van der Waals surface area contributed by atoms with Gasteiger partial charge in [0.1, 0.15) is 11.5 Å². The molecular weight excluding hydrogens is 675 g/mol. The van der Waals surface area contributed by atoms with Gasteiger partial charge in [-0.05, 0) is 96.2 Å². The van der Waals surface area contributed by atoms with Crippen LogP contribution in [0, 0.1) is 5.92 Å². The number of ether oxygens (including phenoxy) is 3. The van der Waals surface area contributed by atoms with Crippen molar-refractivity contribution in [2.75, 3.05) is 25.0 Å². The lowest BCUT2D eigenvalue weighted by atomic mass is 9.89. The van der Waals surface area contributed by atoms with E-state index in [4.69, 9.17) is 14.2 Å². The molecule has 2 heterocycles. The molecule has 0 spiro atoms. The number of aliphatic hydroxyl groups excluding tert-OH is 1. The quantitative estimate of drug-likeness (QED) is 0.126. The second-order valence-electron chi connectivity index (χ2n) is 14.5. The highest BCUT2D eigenvalue weighted by molar-refractivity contribution is 5.89. The molecule has 0 aromatic heterocycles. The predicted molar refractivity (Wildman–Crippen MR) is 213 cm³/mol. The van der Waals surface area contributed by atoms with Crippen molar-refractivity contribution >= 4 is 11.7 Å². The normalized spacial score (nSPS) is 20.7. The summed E-state index contributed by atoms with van der Waals surface area (Å²) in [5, 5.41) is 15.5. The maximum absolute atomic E-state index is 12.7. The van der Waals surface area contributed by atoms with Crippen molar-refractivity contribution in [3.8, 4) is 22.6 Å². The molecule has 4 unspecified atom stereocenters. The molecule has 3 N–H and O–H groups in total. The molecule has 0 radical (unpaired) electrons. The first-order valence-electron chi connectivity index (χ1n) is 19.3. The molecule has 4 atom stereocenters. The molecule has 2 aliphatic rings. The smallest absolute Gasteiger partial charge is 0.319 e. The molecule has 5 aromatic rings. The van der Waals surface area contributed by atoms with Crippen LogP contribution >= 0.6 is 0 Å². The molecule has 2 fully saturated rings. The molecule has 8 heteroatoms. The predicted octanol–water partition coefficient (Wildman–Crippen LogP) is 10.0. The van der Waals surface area contributed by atoms with Gasteiger partial charge in [-0.1, -0.05) is 111 Å². The summed E-state index contributed by atoms with van der Waals surface area (Å²) in [7, 11) is 0. The Morgan fingerprint density at radius 1 is 0.722 bits per heavy atom. The number of carbonyl (C=O) groups is 1. The SMILES string of the molecule is CC1C(CN2CCCCCCC2)OC(c2ccc(-c3cccc(CNC(=O)Nc4ccc(Oc5ccccc5)cc4)c3)cc2)OC1c1ccc(CO)cc1. The first-order chi connectivity index (χ1) is 26.5. The molecular formula is C46H51N3O5. The molecule has 54 heavy (non-hydrogen) atoms. The third kappa shape index (κ3) is 9.95. The summed E-state index contributed by atoms with van der Waals surface area (Å²) in [6.07, 6.45) is 5.78. The van der Waals surface area contributed by atoms with Gasteiger partial charge < -0.3 is 34.9 Å². The minimum absolute atomic E-state index is 0.0137. The summed E-state index contributed by atoms with van der Waals surface area (Å²) in [4.78, 5) is 15.3. The van der Waals surface area contributed by atoms with Crippen LogP contribution in [0.25, 0.3) is 11.1 Å². The molecule has 5 aromatic carbocycles. The van der Waals surface area contributed by atoms with Crippen LogP contribution in [-0.4, -0.2) is 41.8 Å². The Bertz CT molecular complexity index is 1910. The highest BCUT2D eigenvalue weighted by atomic mass is 16.7. The first-order valence-corrected chi connectivity index (χ1v) is 19.3. The number of nitrogens with zero attached hydrogens (tertiary/aromatic N) is 1. The first kappa shape index (κ1) is 37.3. The van der Waals surface area contributed by atoms with Crippen LogP contribution in [0.2, 0.25) is 0 Å². The fourth-order valence-electron chi connectivity index (χ4n) is 7.36. The van der Waals surface area contributed by atoms with E-state index in [1.807, 2.05) is 78.9 Å². The summed E-state index contributed by atoms with van der Waals surface area (Å²) in [6.45, 7) is 5.76. The maximum atomic E-state index is 12.7. The van der Waals surface area contributed by atoms with Crippen molar-refractivity contribution in [1.29, 1.82) is 0 Å². The Morgan fingerprint density at radius 3 is 2.13 bits per heavy atom. The van der Waals surface area contributed by atoms with Gasteiger partial charge in [0.25, 0.3) is 0 Å². The number of aliphatic hydroxyl groups is 1. The van der Waals surface area contributed by atoms with E-state index < -0.39 is 6.29 Å². The van der Waals surface area contributed by atoms with Crippen molar-refractivity contribution in [3.63, 3.8) is 0 Å². The summed E-state index contributed by atoms with van der Waals surface area (Å²) < 4.78 is 19.4. The lowest BCUT2D eigenvalue weighted by molar-refractivity contribution is -0.276. The molecule has 0 bridgehead atoms. The van der Waals surface area contributed by atoms with Gasteiger partial charge in [0.05, 0.1) is 18.8 Å². The Labute approximate surface area is 319 Å². The van der Waals surface area contributed by atoms with Crippen LogP contribution in [0.15, 0.2) is 127 Å². The number of carbonyl (C=O) groups excluding carboxylic acids is 1. The lowest BCUT2D eigenvalue weighted by Gasteiger charge is -2.43. The van der Waals surface area contributed by atoms with Crippen LogP contribution in [0.3, 0.4) is 0 Å². The number of amides is 2. The molecule has 8 nitrogen and oxygen atoms in total. The summed E-state index contributed by atoms with van der Waals surface area (Å²) >= 11 is 0. The number of benzene rings is 5. The molecule has 2 amide bonds. The van der Waals surface area contributed by atoms with E-state index >= 15 is 0 Å². The number of urea groups is 1. The van der Waals surface area contributed by atoms with Gasteiger partial charge >= 0.3 is 6.03 Å². The Hall–Kier alpha value is -4.99. The number of para-hydroxylation sites is 1. The van der Waals surface area contributed by atoms with E-state index in [2.05, 4.69) is 71.0 Å². The van der Waals surface area contributed by atoms with Gasteiger partial charge in [-0.3, -0.25) is 0 Å². The van der Waals surface area contributed by atoms with Crippen LogP contribution in [-0.2, 0) is 22.6 Å². The van der Waals surface area contributed by atoms with Crippen molar-refractivity contribution < 1.29 is 24.1 Å². The van der Waals surface area contributed by atoms with Crippen molar-refractivity contribution in [1.82, 2.24) is 10.2 Å². The van der Waals surface area contributed by atoms with Gasteiger partial charge in [0.2, 0.25) is 0 Å². The third-order valence-electron chi connectivity index (χ3n) is 10.5. The number of rotatable bonds is 11. The monoisotopic (exact) mass is 725 g/mol. The fourth-order valence-corrected chi connectivity index (χ4v) is 7.36. The summed E-state index contributed by atoms with van der Waals surface area (Å²) in [6, 6.07) is 41.4. The number of hydrogen-bond acceptors (Lipinski definition) is 6. The highest BCUT2D eigenvalue weighted by Crippen LogP contribution is 2.42. The van der Waals surface area contributed by atoms with Crippen molar-refractivity contribution in [3.05, 3.63) is 150 Å². The Morgan fingerprint density at radius 2 is 1.41 bits per heavy atom. The molecule has 2 aliphatic heterocycles. The summed E-state index contributed by atoms with van der Waals surface area (Å²) in [5.41, 5.74) is 6.78. The van der Waals surface area contributed by atoms with Gasteiger partial charge in [0.15, 0.2) is 6.29 Å². The largest absolute Gasteiger partial charge is 0.457 e. The van der Waals surface area contributed by atoms with Crippen LogP contribution < -0.4 is 15.4 Å². The van der Waals surface area contributed by atoms with E-state index in [0.29, 0.717) is 18.0 Å². The average molecular weight is 726 g/mol. The Kier molecular flexibility index (Phi) is 12.7. The number of hydrogen-bond donors (Lipinski definition) is 3. The molecule has 7 rings (SSSR count). The lowest BCUT2D eigenvalue weighted by Crippen LogP contribution is -2.45. The Balaban J connectivity index is 0.985. The average Bonchev–Trinajstić information content (AvgIpc) is 3.20. The van der Waals surface area contributed by atoms with E-state index in [1.54, 1.807) is 0 Å². The second kappa shape index (κ2) is 18.4. The zero-order valence-electron chi connectivity index (χ0n) is 31.0. The topological polar surface area (TPSA) is 92.3 Å². The highest BCUT2D eigenvalue weighted by Gasteiger charge is 2.39.